The van der Waals surface area contributed by atoms with E-state index in [1.165, 1.54) is 19.1 Å². The van der Waals surface area contributed by atoms with Gasteiger partial charge in [-0.05, 0) is 27.2 Å². The molecule has 0 rings (SSSR count). The molecule has 88 valence electrons. The molecule has 0 aromatic heterocycles. The van der Waals surface area contributed by atoms with E-state index in [1.807, 2.05) is 0 Å². The molecule has 0 spiro atoms. The summed E-state index contributed by atoms with van der Waals surface area (Å²) in [5.41, 5.74) is -2.45. The molecule has 0 aromatic carbocycles. The minimum atomic E-state index is -4.60. The number of allylic oxidation sites excluding steroid dienone is 2. The van der Waals surface area contributed by atoms with Crippen molar-refractivity contribution in [3.05, 3.63) is 12.2 Å². The summed E-state index contributed by atoms with van der Waals surface area (Å²) in [5.74, 6) is -1.23. The van der Waals surface area contributed by atoms with Crippen LogP contribution >= 0.6 is 0 Å². The van der Waals surface area contributed by atoms with E-state index in [2.05, 4.69) is 4.74 Å². The summed E-state index contributed by atoms with van der Waals surface area (Å²) < 4.78 is 42.4. The molecule has 0 fully saturated rings. The Hall–Kier alpha value is -1.00. The van der Waals surface area contributed by atoms with Crippen LogP contribution < -0.4 is 0 Å². The van der Waals surface area contributed by atoms with Crippen LogP contribution in [0, 0.1) is 5.41 Å². The molecule has 15 heavy (non-hydrogen) atoms. The van der Waals surface area contributed by atoms with Crippen LogP contribution in [0.5, 0.6) is 0 Å². The first-order valence-electron chi connectivity index (χ1n) is 4.64. The predicted octanol–water partition coefficient (Wildman–Crippen LogP) is 3.08. The highest BCUT2D eigenvalue weighted by Crippen LogP contribution is 2.42. The molecule has 0 aliphatic heterocycles. The Morgan fingerprint density at radius 1 is 1.40 bits per heavy atom. The van der Waals surface area contributed by atoms with Gasteiger partial charge in [0.25, 0.3) is 0 Å². The highest BCUT2D eigenvalue weighted by atomic mass is 19.4. The zero-order valence-electron chi connectivity index (χ0n) is 9.02. The summed E-state index contributed by atoms with van der Waals surface area (Å²) in [6.45, 7) is 3.87. The fraction of sp³-hybridized carbons (Fsp3) is 0.700. The fourth-order valence-corrected chi connectivity index (χ4v) is 0.959. The zero-order chi connectivity index (χ0) is 12.1. The number of rotatable bonds is 4. The van der Waals surface area contributed by atoms with Gasteiger partial charge in [-0.1, -0.05) is 12.2 Å². The van der Waals surface area contributed by atoms with Crippen molar-refractivity contribution in [2.24, 2.45) is 5.41 Å². The van der Waals surface area contributed by atoms with E-state index in [9.17, 15) is 18.0 Å². The smallest absolute Gasteiger partial charge is 0.404 e. The summed E-state index contributed by atoms with van der Waals surface area (Å²) in [6.07, 6.45) is -2.21. The molecule has 0 aromatic rings. The van der Waals surface area contributed by atoms with E-state index in [0.717, 1.165) is 6.92 Å². The fourth-order valence-electron chi connectivity index (χ4n) is 0.959. The highest BCUT2D eigenvalue weighted by Gasteiger charge is 2.56. The Morgan fingerprint density at radius 2 is 1.93 bits per heavy atom. The van der Waals surface area contributed by atoms with Gasteiger partial charge in [-0.3, -0.25) is 4.79 Å². The SMILES string of the molecule is C/C=C/CC(C)(C(=O)OCC)C(F)(F)F. The number of carbonyl (C=O) groups is 1. The van der Waals surface area contributed by atoms with Crippen LogP contribution in [0.1, 0.15) is 27.2 Å². The van der Waals surface area contributed by atoms with Crippen molar-refractivity contribution in [1.82, 2.24) is 0 Å². The first kappa shape index (κ1) is 14.0. The monoisotopic (exact) mass is 224 g/mol. The lowest BCUT2D eigenvalue weighted by Crippen LogP contribution is -2.43. The molecule has 0 saturated carbocycles. The second-order valence-electron chi connectivity index (χ2n) is 3.32. The quantitative estimate of drug-likeness (QED) is 0.541. The topological polar surface area (TPSA) is 26.3 Å². The van der Waals surface area contributed by atoms with Gasteiger partial charge in [0, 0.05) is 0 Å². The van der Waals surface area contributed by atoms with Crippen molar-refractivity contribution < 1.29 is 22.7 Å². The first-order valence-corrected chi connectivity index (χ1v) is 4.64. The van der Waals surface area contributed by atoms with Gasteiger partial charge in [0.05, 0.1) is 6.61 Å². The molecule has 0 radical (unpaired) electrons. The second-order valence-corrected chi connectivity index (χ2v) is 3.32. The lowest BCUT2D eigenvalue weighted by atomic mass is 9.86. The Morgan fingerprint density at radius 3 is 2.27 bits per heavy atom. The third kappa shape index (κ3) is 3.25. The van der Waals surface area contributed by atoms with Gasteiger partial charge in [-0.25, -0.2) is 0 Å². The van der Waals surface area contributed by atoms with Crippen molar-refractivity contribution in [1.29, 1.82) is 0 Å². The van der Waals surface area contributed by atoms with Crippen LogP contribution in [-0.2, 0) is 9.53 Å². The van der Waals surface area contributed by atoms with Crippen molar-refractivity contribution in [3.8, 4) is 0 Å². The maximum absolute atomic E-state index is 12.7. The number of hydrogen-bond acceptors (Lipinski definition) is 2. The number of esters is 1. The van der Waals surface area contributed by atoms with Gasteiger partial charge in [-0.15, -0.1) is 0 Å². The van der Waals surface area contributed by atoms with E-state index in [1.54, 1.807) is 6.92 Å². The number of halogens is 3. The van der Waals surface area contributed by atoms with Crippen LogP contribution in [0.2, 0.25) is 0 Å². The molecule has 2 nitrogen and oxygen atoms in total. The van der Waals surface area contributed by atoms with Gasteiger partial charge >= 0.3 is 12.1 Å². The first-order chi connectivity index (χ1) is 6.79. The third-order valence-electron chi connectivity index (χ3n) is 2.11. The van der Waals surface area contributed by atoms with E-state index in [0.29, 0.717) is 0 Å². The van der Waals surface area contributed by atoms with Crippen molar-refractivity contribution in [3.63, 3.8) is 0 Å². The minimum Gasteiger partial charge on any atom is -0.465 e. The number of hydrogen-bond donors (Lipinski definition) is 0. The summed E-state index contributed by atoms with van der Waals surface area (Å²) >= 11 is 0. The molecule has 0 aliphatic carbocycles. The Kier molecular flexibility index (Phi) is 4.84. The number of ether oxygens (including phenoxy) is 1. The van der Waals surface area contributed by atoms with Crippen LogP contribution in [0.4, 0.5) is 13.2 Å². The average molecular weight is 224 g/mol. The van der Waals surface area contributed by atoms with Gasteiger partial charge < -0.3 is 4.74 Å². The Bertz CT molecular complexity index is 246. The van der Waals surface area contributed by atoms with Gasteiger partial charge in [-0.2, -0.15) is 13.2 Å². The third-order valence-corrected chi connectivity index (χ3v) is 2.11. The van der Waals surface area contributed by atoms with E-state index >= 15 is 0 Å². The maximum atomic E-state index is 12.7. The van der Waals surface area contributed by atoms with Crippen molar-refractivity contribution >= 4 is 5.97 Å². The van der Waals surface area contributed by atoms with Crippen molar-refractivity contribution in [2.75, 3.05) is 6.61 Å². The highest BCUT2D eigenvalue weighted by molar-refractivity contribution is 5.77. The van der Waals surface area contributed by atoms with E-state index in [-0.39, 0.29) is 6.61 Å². The standard InChI is InChI=1S/C10H15F3O2/c1-4-6-7-9(3,10(11,12)13)8(14)15-5-2/h4,6H,5,7H2,1-3H3/b6-4+. The number of alkyl halides is 3. The summed E-state index contributed by atoms with van der Waals surface area (Å²) in [5, 5.41) is 0. The molecular formula is C10H15F3O2. The van der Waals surface area contributed by atoms with E-state index in [4.69, 9.17) is 0 Å². The van der Waals surface area contributed by atoms with Crippen LogP contribution in [0.25, 0.3) is 0 Å². The zero-order valence-corrected chi connectivity index (χ0v) is 9.02. The molecule has 0 bridgehead atoms. The normalized spacial score (nSPS) is 16.4. The second kappa shape index (κ2) is 5.19. The molecule has 1 atom stereocenters. The van der Waals surface area contributed by atoms with Crippen LogP contribution in [0.3, 0.4) is 0 Å². The molecule has 0 N–H and O–H groups in total. The molecule has 0 aliphatic rings. The van der Waals surface area contributed by atoms with Gasteiger partial charge in [0.2, 0.25) is 0 Å². The summed E-state index contributed by atoms with van der Waals surface area (Å²) in [7, 11) is 0. The molecule has 0 heterocycles. The molecule has 5 heteroatoms. The summed E-state index contributed by atoms with van der Waals surface area (Å²) in [6, 6.07) is 0. The van der Waals surface area contributed by atoms with Gasteiger partial charge in [0.1, 0.15) is 0 Å². The number of carbonyl (C=O) groups excluding carboxylic acids is 1. The van der Waals surface area contributed by atoms with E-state index < -0.39 is 24.0 Å². The molecule has 0 amide bonds. The Labute approximate surface area is 87.1 Å². The minimum absolute atomic E-state index is 0.0552. The van der Waals surface area contributed by atoms with Crippen molar-refractivity contribution in [2.45, 2.75) is 33.4 Å². The lowest BCUT2D eigenvalue weighted by Gasteiger charge is -2.28. The van der Waals surface area contributed by atoms with Crippen LogP contribution in [-0.4, -0.2) is 18.8 Å². The summed E-state index contributed by atoms with van der Waals surface area (Å²) in [4.78, 5) is 11.2. The largest absolute Gasteiger partial charge is 0.465 e. The molecule has 0 saturated heterocycles. The molecule has 1 unspecified atom stereocenters. The lowest BCUT2D eigenvalue weighted by molar-refractivity contribution is -0.228. The van der Waals surface area contributed by atoms with Gasteiger partial charge in [0.15, 0.2) is 5.41 Å². The predicted molar refractivity (Wildman–Crippen MR) is 50.2 cm³/mol. The van der Waals surface area contributed by atoms with Crippen LogP contribution in [0.15, 0.2) is 12.2 Å². The molecular weight excluding hydrogens is 209 g/mol. The Balaban J connectivity index is 4.93. The maximum Gasteiger partial charge on any atom is 0.404 e. The average Bonchev–Trinajstić information content (AvgIpc) is 2.12.